The highest BCUT2D eigenvalue weighted by Crippen LogP contribution is 2.21. The molecule has 16 heavy (non-hydrogen) atoms. The molecule has 3 nitrogen and oxygen atoms in total. The Labute approximate surface area is 103 Å². The smallest absolute Gasteiger partial charge is 0.112 e. The minimum atomic E-state index is 0.861. The fraction of sp³-hybridized carbons (Fsp3) is 0.167. The van der Waals surface area contributed by atoms with Gasteiger partial charge in [0.25, 0.3) is 0 Å². The average Bonchev–Trinajstić information content (AvgIpc) is 2.29. The minimum Gasteiger partial charge on any atom is -0.383 e. The number of anilines is 1. The summed E-state index contributed by atoms with van der Waals surface area (Å²) in [6.07, 6.45) is 6.39. The van der Waals surface area contributed by atoms with Gasteiger partial charge in [-0.15, -0.1) is 6.58 Å². The first-order valence-corrected chi connectivity index (χ1v) is 5.85. The van der Waals surface area contributed by atoms with E-state index in [1.807, 2.05) is 18.2 Å². The van der Waals surface area contributed by atoms with Crippen molar-refractivity contribution in [1.82, 2.24) is 9.97 Å². The maximum atomic E-state index is 4.36. The first kappa shape index (κ1) is 11.1. The molecule has 0 aliphatic rings. The summed E-state index contributed by atoms with van der Waals surface area (Å²) in [5.41, 5.74) is 2.80. The number of halogens is 1. The lowest BCUT2D eigenvalue weighted by molar-refractivity contribution is 1.07. The molecule has 0 saturated heterocycles. The molecule has 2 aromatic rings. The molecule has 2 aromatic heterocycles. The number of aromatic nitrogens is 2. The molecule has 0 amide bonds. The van der Waals surface area contributed by atoms with Crippen molar-refractivity contribution in [1.29, 1.82) is 0 Å². The third-order valence-electron chi connectivity index (χ3n) is 2.21. The Bertz CT molecular complexity index is 511. The second-order valence-electron chi connectivity index (χ2n) is 3.38. The van der Waals surface area contributed by atoms with Gasteiger partial charge < -0.3 is 5.32 Å². The Morgan fingerprint density at radius 1 is 1.44 bits per heavy atom. The van der Waals surface area contributed by atoms with Crippen molar-refractivity contribution < 1.29 is 0 Å². The zero-order valence-electron chi connectivity index (χ0n) is 8.78. The van der Waals surface area contributed by atoms with Crippen molar-refractivity contribution in [2.24, 2.45) is 0 Å². The van der Waals surface area contributed by atoms with Crippen LogP contribution in [0.15, 0.2) is 41.7 Å². The fourth-order valence-corrected chi connectivity index (χ4v) is 1.78. The van der Waals surface area contributed by atoms with E-state index in [9.17, 15) is 0 Å². The average molecular weight is 278 g/mol. The van der Waals surface area contributed by atoms with Crippen LogP contribution in [0.25, 0.3) is 11.0 Å². The largest absolute Gasteiger partial charge is 0.383 e. The van der Waals surface area contributed by atoms with Crippen LogP contribution in [-0.2, 0) is 0 Å². The van der Waals surface area contributed by atoms with Gasteiger partial charge in [0.1, 0.15) is 5.52 Å². The molecule has 0 atom stereocenters. The molecular formula is C12H12BrN3. The number of hydrogen-bond acceptors (Lipinski definition) is 3. The zero-order valence-corrected chi connectivity index (χ0v) is 10.4. The van der Waals surface area contributed by atoms with Crippen molar-refractivity contribution in [2.45, 2.75) is 6.42 Å². The molecule has 4 heteroatoms. The van der Waals surface area contributed by atoms with E-state index in [1.165, 1.54) is 0 Å². The van der Waals surface area contributed by atoms with E-state index in [2.05, 4.69) is 37.8 Å². The quantitative estimate of drug-likeness (QED) is 0.688. The summed E-state index contributed by atoms with van der Waals surface area (Å²) < 4.78 is 0.941. The molecule has 0 radical (unpaired) electrons. The fourth-order valence-electron chi connectivity index (χ4n) is 1.46. The Morgan fingerprint density at radius 2 is 2.31 bits per heavy atom. The number of fused-ring (bicyclic) bond motifs is 1. The highest BCUT2D eigenvalue weighted by Gasteiger charge is 2.02. The van der Waals surface area contributed by atoms with Crippen LogP contribution in [0, 0.1) is 0 Å². The monoisotopic (exact) mass is 277 g/mol. The SMILES string of the molecule is C=CCCNc1ccnc2cc(Br)cnc12. The summed E-state index contributed by atoms with van der Waals surface area (Å²) >= 11 is 3.38. The van der Waals surface area contributed by atoms with Crippen LogP contribution in [0.5, 0.6) is 0 Å². The van der Waals surface area contributed by atoms with Crippen LogP contribution < -0.4 is 5.32 Å². The van der Waals surface area contributed by atoms with Gasteiger partial charge in [-0.3, -0.25) is 9.97 Å². The topological polar surface area (TPSA) is 37.8 Å². The van der Waals surface area contributed by atoms with Gasteiger partial charge in [-0.05, 0) is 34.5 Å². The Hall–Kier alpha value is -1.42. The molecule has 0 bridgehead atoms. The summed E-state index contributed by atoms with van der Waals surface area (Å²) in [6, 6.07) is 3.90. The van der Waals surface area contributed by atoms with E-state index in [-0.39, 0.29) is 0 Å². The number of hydrogen-bond donors (Lipinski definition) is 1. The van der Waals surface area contributed by atoms with Gasteiger partial charge in [-0.1, -0.05) is 6.08 Å². The summed E-state index contributed by atoms with van der Waals surface area (Å²) in [6.45, 7) is 4.55. The van der Waals surface area contributed by atoms with E-state index in [0.29, 0.717) is 0 Å². The summed E-state index contributed by atoms with van der Waals surface area (Å²) in [5.74, 6) is 0. The third kappa shape index (κ3) is 2.39. The zero-order chi connectivity index (χ0) is 11.4. The molecule has 0 saturated carbocycles. The van der Waals surface area contributed by atoms with Gasteiger partial charge in [-0.25, -0.2) is 0 Å². The van der Waals surface area contributed by atoms with Gasteiger partial charge in [0.05, 0.1) is 11.2 Å². The third-order valence-corrected chi connectivity index (χ3v) is 2.64. The van der Waals surface area contributed by atoms with Crippen molar-refractivity contribution in [3.05, 3.63) is 41.7 Å². The normalized spacial score (nSPS) is 10.3. The van der Waals surface area contributed by atoms with Gasteiger partial charge in [0.15, 0.2) is 0 Å². The number of nitrogens with zero attached hydrogens (tertiary/aromatic N) is 2. The molecule has 0 aliphatic heterocycles. The van der Waals surface area contributed by atoms with Crippen LogP contribution in [-0.4, -0.2) is 16.5 Å². The van der Waals surface area contributed by atoms with Gasteiger partial charge >= 0.3 is 0 Å². The lowest BCUT2D eigenvalue weighted by Gasteiger charge is -2.07. The molecule has 0 fully saturated rings. The molecule has 82 valence electrons. The highest BCUT2D eigenvalue weighted by molar-refractivity contribution is 9.10. The first-order chi connectivity index (χ1) is 7.81. The summed E-state index contributed by atoms with van der Waals surface area (Å²) in [4.78, 5) is 8.64. The van der Waals surface area contributed by atoms with Crippen LogP contribution in [0.4, 0.5) is 5.69 Å². The maximum Gasteiger partial charge on any atom is 0.112 e. The number of nitrogens with one attached hydrogen (secondary N) is 1. The second kappa shape index (κ2) is 5.07. The van der Waals surface area contributed by atoms with E-state index >= 15 is 0 Å². The van der Waals surface area contributed by atoms with Crippen LogP contribution in [0.2, 0.25) is 0 Å². The molecule has 2 rings (SSSR count). The summed E-state index contributed by atoms with van der Waals surface area (Å²) in [7, 11) is 0. The second-order valence-corrected chi connectivity index (χ2v) is 4.30. The van der Waals surface area contributed by atoms with E-state index < -0.39 is 0 Å². The Morgan fingerprint density at radius 3 is 3.12 bits per heavy atom. The number of pyridine rings is 2. The highest BCUT2D eigenvalue weighted by atomic mass is 79.9. The van der Waals surface area contributed by atoms with E-state index in [0.717, 1.165) is 34.2 Å². The van der Waals surface area contributed by atoms with Crippen molar-refractivity contribution in [2.75, 3.05) is 11.9 Å². The molecule has 2 heterocycles. The summed E-state index contributed by atoms with van der Waals surface area (Å²) in [5, 5.41) is 3.32. The van der Waals surface area contributed by atoms with Gasteiger partial charge in [0.2, 0.25) is 0 Å². The van der Waals surface area contributed by atoms with Gasteiger partial charge in [-0.2, -0.15) is 0 Å². The molecule has 0 aliphatic carbocycles. The maximum absolute atomic E-state index is 4.36. The molecule has 1 N–H and O–H groups in total. The molecule has 0 aromatic carbocycles. The van der Waals surface area contributed by atoms with Crippen LogP contribution >= 0.6 is 15.9 Å². The first-order valence-electron chi connectivity index (χ1n) is 5.06. The van der Waals surface area contributed by atoms with Crippen molar-refractivity contribution in [3.8, 4) is 0 Å². The van der Waals surface area contributed by atoms with Crippen molar-refractivity contribution >= 4 is 32.7 Å². The van der Waals surface area contributed by atoms with Gasteiger partial charge in [0, 0.05) is 23.4 Å². The standard InChI is InChI=1S/C12H12BrN3/c1-2-3-5-14-10-4-6-15-11-7-9(13)8-16-12(10)11/h2,4,6-8H,1,3,5H2,(H,14,15). The molecular weight excluding hydrogens is 266 g/mol. The Balaban J connectivity index is 2.34. The Kier molecular flexibility index (Phi) is 3.51. The lowest BCUT2D eigenvalue weighted by atomic mass is 10.2. The minimum absolute atomic E-state index is 0.861. The van der Waals surface area contributed by atoms with Crippen molar-refractivity contribution in [3.63, 3.8) is 0 Å². The van der Waals surface area contributed by atoms with E-state index in [4.69, 9.17) is 0 Å². The number of rotatable bonds is 4. The van der Waals surface area contributed by atoms with Crippen LogP contribution in [0.1, 0.15) is 6.42 Å². The molecule has 0 spiro atoms. The predicted molar refractivity (Wildman–Crippen MR) is 70.5 cm³/mol. The van der Waals surface area contributed by atoms with Crippen LogP contribution in [0.3, 0.4) is 0 Å². The lowest BCUT2D eigenvalue weighted by Crippen LogP contribution is -2.01. The van der Waals surface area contributed by atoms with E-state index in [1.54, 1.807) is 12.4 Å². The predicted octanol–water partition coefficient (Wildman–Crippen LogP) is 3.38. The molecule has 0 unspecified atom stereocenters.